The highest BCUT2D eigenvalue weighted by atomic mass is 16.4. The molecule has 2 N–H and O–H groups in total. The number of aliphatic hydroxyl groups excluding tert-OH is 1. The van der Waals surface area contributed by atoms with E-state index in [1.165, 1.54) is 5.56 Å². The highest BCUT2D eigenvalue weighted by Crippen LogP contribution is 2.10. The van der Waals surface area contributed by atoms with E-state index in [1.54, 1.807) is 0 Å². The van der Waals surface area contributed by atoms with Gasteiger partial charge >= 0.3 is 5.97 Å². The summed E-state index contributed by atoms with van der Waals surface area (Å²) in [5, 5.41) is 17.4. The molecule has 0 unspecified atom stereocenters. The number of aliphatic hydroxyl groups is 1. The van der Waals surface area contributed by atoms with E-state index in [2.05, 4.69) is 0 Å². The van der Waals surface area contributed by atoms with Crippen molar-refractivity contribution in [1.82, 2.24) is 0 Å². The first kappa shape index (κ1) is 12.7. The summed E-state index contributed by atoms with van der Waals surface area (Å²) in [6.45, 7) is 0.0762. The molecule has 0 aliphatic rings. The summed E-state index contributed by atoms with van der Waals surface area (Å²) >= 11 is 0. The van der Waals surface area contributed by atoms with Crippen molar-refractivity contribution >= 4 is 5.97 Å². The van der Waals surface area contributed by atoms with E-state index in [-0.39, 0.29) is 13.0 Å². The Labute approximate surface area is 95.7 Å². The lowest BCUT2D eigenvalue weighted by atomic mass is 10.0. The zero-order valence-corrected chi connectivity index (χ0v) is 9.35. The molecule has 1 aromatic rings. The van der Waals surface area contributed by atoms with Gasteiger partial charge in [-0.1, -0.05) is 30.7 Å². The minimum Gasteiger partial charge on any atom is -0.481 e. The van der Waals surface area contributed by atoms with Gasteiger partial charge in [-0.25, -0.2) is 0 Å². The van der Waals surface area contributed by atoms with Gasteiger partial charge in [0, 0.05) is 6.42 Å². The van der Waals surface area contributed by atoms with Crippen LogP contribution in [0.3, 0.4) is 0 Å². The summed E-state index contributed by atoms with van der Waals surface area (Å²) in [6.07, 6.45) is 3.90. The number of aliphatic carboxylic acids is 1. The maximum absolute atomic E-state index is 10.3. The molecule has 0 saturated heterocycles. The van der Waals surface area contributed by atoms with Crippen LogP contribution in [0.4, 0.5) is 0 Å². The van der Waals surface area contributed by atoms with Crippen LogP contribution in [0.1, 0.15) is 36.8 Å². The third-order valence-corrected chi connectivity index (χ3v) is 2.53. The monoisotopic (exact) mass is 222 g/mol. The summed E-state index contributed by atoms with van der Waals surface area (Å²) in [4.78, 5) is 10.3. The van der Waals surface area contributed by atoms with Crippen LogP contribution in [0.2, 0.25) is 0 Å². The van der Waals surface area contributed by atoms with Gasteiger partial charge in [0.2, 0.25) is 0 Å². The molecule has 0 aromatic heterocycles. The maximum atomic E-state index is 10.3. The van der Waals surface area contributed by atoms with Gasteiger partial charge in [0.05, 0.1) is 6.61 Å². The lowest BCUT2D eigenvalue weighted by Gasteiger charge is -2.03. The smallest absolute Gasteiger partial charge is 0.303 e. The summed E-state index contributed by atoms with van der Waals surface area (Å²) in [6, 6.07) is 7.87. The van der Waals surface area contributed by atoms with Crippen LogP contribution in [0.15, 0.2) is 24.3 Å². The highest BCUT2D eigenvalue weighted by molar-refractivity contribution is 5.66. The Morgan fingerprint density at radius 2 is 1.88 bits per heavy atom. The van der Waals surface area contributed by atoms with E-state index < -0.39 is 5.97 Å². The van der Waals surface area contributed by atoms with Crippen molar-refractivity contribution in [2.24, 2.45) is 0 Å². The fourth-order valence-electron chi connectivity index (χ4n) is 1.67. The first-order valence-electron chi connectivity index (χ1n) is 5.63. The average Bonchev–Trinajstić information content (AvgIpc) is 2.28. The number of hydrogen-bond donors (Lipinski definition) is 2. The van der Waals surface area contributed by atoms with Gasteiger partial charge in [0.1, 0.15) is 0 Å². The second-order valence-electron chi connectivity index (χ2n) is 3.93. The molecule has 3 heteroatoms. The number of benzene rings is 1. The van der Waals surface area contributed by atoms with Gasteiger partial charge in [-0.05, 0) is 30.4 Å². The number of aryl methyl sites for hydroxylation is 1. The predicted molar refractivity (Wildman–Crippen MR) is 62.2 cm³/mol. The normalized spacial score (nSPS) is 10.3. The molecule has 0 saturated carbocycles. The average molecular weight is 222 g/mol. The molecule has 0 heterocycles. The predicted octanol–water partition coefficient (Wildman–Crippen LogP) is 2.37. The van der Waals surface area contributed by atoms with Crippen molar-refractivity contribution in [3.63, 3.8) is 0 Å². The van der Waals surface area contributed by atoms with E-state index >= 15 is 0 Å². The lowest BCUT2D eigenvalue weighted by molar-refractivity contribution is -0.137. The van der Waals surface area contributed by atoms with Gasteiger partial charge < -0.3 is 10.2 Å². The van der Waals surface area contributed by atoms with Crippen LogP contribution in [0.25, 0.3) is 0 Å². The fourth-order valence-corrected chi connectivity index (χ4v) is 1.67. The summed E-state index contributed by atoms with van der Waals surface area (Å²) in [7, 11) is 0. The molecule has 0 fully saturated rings. The van der Waals surface area contributed by atoms with Crippen molar-refractivity contribution in [3.8, 4) is 0 Å². The van der Waals surface area contributed by atoms with Gasteiger partial charge in [-0.2, -0.15) is 0 Å². The van der Waals surface area contributed by atoms with Gasteiger partial charge in [0.25, 0.3) is 0 Å². The zero-order valence-electron chi connectivity index (χ0n) is 9.35. The minimum atomic E-state index is -0.720. The van der Waals surface area contributed by atoms with E-state index in [9.17, 15) is 4.79 Å². The minimum absolute atomic E-state index is 0.0762. The van der Waals surface area contributed by atoms with Crippen molar-refractivity contribution in [3.05, 3.63) is 35.4 Å². The molecular formula is C13H18O3. The molecule has 0 amide bonds. The topological polar surface area (TPSA) is 57.5 Å². The molecule has 1 rings (SSSR count). The Balaban J connectivity index is 2.23. The van der Waals surface area contributed by atoms with Gasteiger partial charge in [-0.15, -0.1) is 0 Å². The standard InChI is InChI=1S/C13H18O3/c14-10-12-7-4-6-11(9-12)5-2-1-3-8-13(15)16/h4,6-7,9,14H,1-3,5,8,10H2,(H,15,16). The molecule has 0 aliphatic heterocycles. The van der Waals surface area contributed by atoms with Crippen molar-refractivity contribution in [2.75, 3.05) is 0 Å². The number of carboxylic acids is 1. The molecular weight excluding hydrogens is 204 g/mol. The van der Waals surface area contributed by atoms with Crippen LogP contribution in [0, 0.1) is 0 Å². The zero-order chi connectivity index (χ0) is 11.8. The Hall–Kier alpha value is -1.35. The van der Waals surface area contributed by atoms with Crippen LogP contribution >= 0.6 is 0 Å². The van der Waals surface area contributed by atoms with Gasteiger partial charge in [-0.3, -0.25) is 4.79 Å². The number of carbonyl (C=O) groups is 1. The van der Waals surface area contributed by atoms with E-state index in [4.69, 9.17) is 10.2 Å². The Morgan fingerprint density at radius 1 is 1.12 bits per heavy atom. The quantitative estimate of drug-likeness (QED) is 0.696. The number of rotatable bonds is 7. The molecule has 88 valence electrons. The first-order chi connectivity index (χ1) is 7.72. The number of unbranched alkanes of at least 4 members (excludes halogenated alkanes) is 2. The van der Waals surface area contributed by atoms with Crippen molar-refractivity contribution < 1.29 is 15.0 Å². The Kier molecular flexibility index (Phi) is 5.57. The fraction of sp³-hybridized carbons (Fsp3) is 0.462. The summed E-state index contributed by atoms with van der Waals surface area (Å²) < 4.78 is 0. The van der Waals surface area contributed by atoms with E-state index in [0.29, 0.717) is 0 Å². The number of hydrogen-bond acceptors (Lipinski definition) is 2. The second kappa shape index (κ2) is 7.01. The Morgan fingerprint density at radius 3 is 2.56 bits per heavy atom. The van der Waals surface area contributed by atoms with Crippen LogP contribution < -0.4 is 0 Å². The molecule has 0 atom stereocenters. The maximum Gasteiger partial charge on any atom is 0.303 e. The van der Waals surface area contributed by atoms with E-state index in [0.717, 1.165) is 31.2 Å². The molecule has 1 aromatic carbocycles. The Bertz CT molecular complexity index is 334. The molecule has 3 nitrogen and oxygen atoms in total. The highest BCUT2D eigenvalue weighted by Gasteiger charge is 1.98. The van der Waals surface area contributed by atoms with Crippen molar-refractivity contribution in [2.45, 2.75) is 38.7 Å². The molecule has 0 bridgehead atoms. The lowest BCUT2D eigenvalue weighted by Crippen LogP contribution is -1.94. The van der Waals surface area contributed by atoms with E-state index in [1.807, 2.05) is 24.3 Å². The SMILES string of the molecule is O=C(O)CCCCCc1cccc(CO)c1. The first-order valence-corrected chi connectivity index (χ1v) is 5.63. The summed E-state index contributed by atoms with van der Waals surface area (Å²) in [5.41, 5.74) is 2.14. The number of carboxylic acid groups (broad SMARTS) is 1. The largest absolute Gasteiger partial charge is 0.481 e. The molecule has 16 heavy (non-hydrogen) atoms. The van der Waals surface area contributed by atoms with Gasteiger partial charge in [0.15, 0.2) is 0 Å². The van der Waals surface area contributed by atoms with Crippen molar-refractivity contribution in [1.29, 1.82) is 0 Å². The van der Waals surface area contributed by atoms with Crippen LogP contribution in [-0.4, -0.2) is 16.2 Å². The van der Waals surface area contributed by atoms with Crippen LogP contribution in [-0.2, 0) is 17.8 Å². The molecule has 0 radical (unpaired) electrons. The third-order valence-electron chi connectivity index (χ3n) is 2.53. The second-order valence-corrected chi connectivity index (χ2v) is 3.93. The van der Waals surface area contributed by atoms with Crippen LogP contribution in [0.5, 0.6) is 0 Å². The summed E-state index contributed by atoms with van der Waals surface area (Å²) in [5.74, 6) is -0.720. The third kappa shape index (κ3) is 4.94. The molecule has 0 aliphatic carbocycles. The molecule has 0 spiro atoms.